The summed E-state index contributed by atoms with van der Waals surface area (Å²) >= 11 is 0. The van der Waals surface area contributed by atoms with Gasteiger partial charge < -0.3 is 25.2 Å². The van der Waals surface area contributed by atoms with Gasteiger partial charge in [-0.15, -0.1) is 0 Å². The van der Waals surface area contributed by atoms with E-state index in [9.17, 15) is 4.79 Å². The summed E-state index contributed by atoms with van der Waals surface area (Å²) in [5.74, 6) is -0.617. The van der Waals surface area contributed by atoms with Crippen LogP contribution in [0.25, 0.3) is 22.2 Å². The van der Waals surface area contributed by atoms with Gasteiger partial charge in [-0.1, -0.05) is 18.7 Å². The number of anilines is 4. The molecule has 198 valence electrons. The van der Waals surface area contributed by atoms with E-state index in [0.29, 0.717) is 23.7 Å². The summed E-state index contributed by atoms with van der Waals surface area (Å²) in [5, 5.41) is 10.9. The number of hydrogen-bond acceptors (Lipinski definition) is 8. The molecular weight excluding hydrogens is 487 g/mol. The van der Waals surface area contributed by atoms with Gasteiger partial charge in [-0.2, -0.15) is 5.10 Å². The molecule has 0 bridgehead atoms. The van der Waals surface area contributed by atoms with Crippen molar-refractivity contribution in [3.63, 3.8) is 0 Å². The Balaban J connectivity index is 1.73. The van der Waals surface area contributed by atoms with E-state index in [1.807, 2.05) is 56.2 Å². The van der Waals surface area contributed by atoms with E-state index in [1.54, 1.807) is 23.0 Å². The van der Waals surface area contributed by atoms with Crippen LogP contribution in [0.15, 0.2) is 55.5 Å². The molecule has 0 atom stereocenters. The number of benzene rings is 2. The van der Waals surface area contributed by atoms with Crippen LogP contribution in [-0.4, -0.2) is 71.9 Å². The summed E-state index contributed by atoms with van der Waals surface area (Å²) in [4.78, 5) is 24.7. The number of aromatic nitrogens is 4. The van der Waals surface area contributed by atoms with E-state index in [0.717, 1.165) is 29.1 Å². The molecule has 10 nitrogen and oxygen atoms in total. The number of rotatable bonds is 10. The maximum atomic E-state index is 16.0. The molecule has 1 amide bonds. The number of halogens is 1. The highest BCUT2D eigenvalue weighted by molar-refractivity contribution is 6.02. The lowest BCUT2D eigenvalue weighted by atomic mass is 10.1. The summed E-state index contributed by atoms with van der Waals surface area (Å²) in [6, 6.07) is 9.29. The third-order valence-corrected chi connectivity index (χ3v) is 6.12. The zero-order chi connectivity index (χ0) is 27.4. The molecule has 0 unspecified atom stereocenters. The third-order valence-electron chi connectivity index (χ3n) is 6.12. The maximum absolute atomic E-state index is 16.0. The molecule has 0 aliphatic rings. The number of amides is 1. The molecule has 0 saturated heterocycles. The van der Waals surface area contributed by atoms with E-state index in [1.165, 1.54) is 13.4 Å². The van der Waals surface area contributed by atoms with Gasteiger partial charge in [0.1, 0.15) is 29.3 Å². The van der Waals surface area contributed by atoms with Crippen LogP contribution in [0.2, 0.25) is 0 Å². The lowest BCUT2D eigenvalue weighted by Gasteiger charge is -2.26. The van der Waals surface area contributed by atoms with Crippen molar-refractivity contribution in [3.8, 4) is 17.0 Å². The Morgan fingerprint density at radius 1 is 1.16 bits per heavy atom. The molecule has 2 heterocycles. The first kappa shape index (κ1) is 26.6. The fourth-order valence-electron chi connectivity index (χ4n) is 3.97. The van der Waals surface area contributed by atoms with Crippen molar-refractivity contribution in [3.05, 3.63) is 61.3 Å². The van der Waals surface area contributed by atoms with Gasteiger partial charge in [0.2, 0.25) is 5.91 Å². The number of ether oxygens (including phenoxy) is 1. The molecular formula is C27H31FN8O2. The summed E-state index contributed by atoms with van der Waals surface area (Å²) in [6.07, 6.45) is 4.29. The number of methoxy groups -OCH3 is 1. The van der Waals surface area contributed by atoms with Gasteiger partial charge in [0.25, 0.3) is 0 Å². The second-order valence-corrected chi connectivity index (χ2v) is 9.04. The van der Waals surface area contributed by atoms with Crippen LogP contribution in [0.5, 0.6) is 5.75 Å². The van der Waals surface area contributed by atoms with Crippen LogP contribution in [0.3, 0.4) is 0 Å². The molecule has 0 fully saturated rings. The zero-order valence-corrected chi connectivity index (χ0v) is 22.1. The summed E-state index contributed by atoms with van der Waals surface area (Å²) in [6.45, 7) is 4.80. The zero-order valence-electron chi connectivity index (χ0n) is 22.1. The predicted octanol–water partition coefficient (Wildman–Crippen LogP) is 4.04. The first-order valence-corrected chi connectivity index (χ1v) is 11.9. The molecule has 0 spiro atoms. The Morgan fingerprint density at radius 3 is 2.66 bits per heavy atom. The Morgan fingerprint density at radius 2 is 1.95 bits per heavy atom. The fraction of sp³-hybridized carbons (Fsp3) is 0.259. The molecule has 2 aromatic carbocycles. The van der Waals surface area contributed by atoms with Crippen LogP contribution >= 0.6 is 0 Å². The molecule has 0 saturated carbocycles. The predicted molar refractivity (Wildman–Crippen MR) is 149 cm³/mol. The molecule has 0 aliphatic heterocycles. The Bertz CT molecular complexity index is 1480. The standard InChI is InChI=1S/C27H31FN8O2/c1-7-24(37)33-26-21(35(4)11-10-34(2)3)14-22(38-6)27(25(26)28)32-23-13-19(29-16-30-23)17-8-9-18-15-31-36(5)20(18)12-17/h7-9,12-16H,1,10-11H2,2-6H3,(H,33,37)(H,29,30,32). The van der Waals surface area contributed by atoms with Gasteiger partial charge in [-0.25, -0.2) is 14.4 Å². The van der Waals surface area contributed by atoms with Gasteiger partial charge in [0.05, 0.1) is 30.2 Å². The minimum absolute atomic E-state index is 0.00963. The second-order valence-electron chi connectivity index (χ2n) is 9.04. The molecule has 0 radical (unpaired) electrons. The van der Waals surface area contributed by atoms with Crippen molar-refractivity contribution >= 4 is 39.7 Å². The van der Waals surface area contributed by atoms with Gasteiger partial charge in [-0.05, 0) is 26.2 Å². The first-order valence-electron chi connectivity index (χ1n) is 11.9. The van der Waals surface area contributed by atoms with Crippen LogP contribution in [0.1, 0.15) is 0 Å². The number of nitrogens with one attached hydrogen (secondary N) is 2. The van der Waals surface area contributed by atoms with E-state index >= 15 is 4.39 Å². The van der Waals surface area contributed by atoms with E-state index in [4.69, 9.17) is 4.74 Å². The minimum Gasteiger partial charge on any atom is -0.494 e. The molecule has 2 aromatic heterocycles. The smallest absolute Gasteiger partial charge is 0.247 e. The number of hydrogen-bond donors (Lipinski definition) is 2. The van der Waals surface area contributed by atoms with Gasteiger partial charge in [-0.3, -0.25) is 9.48 Å². The maximum Gasteiger partial charge on any atom is 0.247 e. The average Bonchev–Trinajstić information content (AvgIpc) is 3.29. The first-order chi connectivity index (χ1) is 18.2. The Hall–Kier alpha value is -4.51. The Kier molecular flexibility index (Phi) is 7.87. The van der Waals surface area contributed by atoms with Crippen LogP contribution in [0, 0.1) is 5.82 Å². The topological polar surface area (TPSA) is 100 Å². The van der Waals surface area contributed by atoms with Crippen molar-refractivity contribution in [2.24, 2.45) is 7.05 Å². The van der Waals surface area contributed by atoms with Crippen molar-refractivity contribution in [1.29, 1.82) is 0 Å². The van der Waals surface area contributed by atoms with Crippen molar-refractivity contribution in [1.82, 2.24) is 24.6 Å². The fourth-order valence-corrected chi connectivity index (χ4v) is 3.97. The lowest BCUT2D eigenvalue weighted by Crippen LogP contribution is -2.29. The van der Waals surface area contributed by atoms with Gasteiger partial charge in [0, 0.05) is 50.3 Å². The van der Waals surface area contributed by atoms with Crippen molar-refractivity contribution < 1.29 is 13.9 Å². The summed E-state index contributed by atoms with van der Waals surface area (Å²) < 4.78 is 23.4. The van der Waals surface area contributed by atoms with Crippen LogP contribution < -0.4 is 20.3 Å². The van der Waals surface area contributed by atoms with Crippen molar-refractivity contribution in [2.75, 3.05) is 56.9 Å². The molecule has 38 heavy (non-hydrogen) atoms. The monoisotopic (exact) mass is 518 g/mol. The highest BCUT2D eigenvalue weighted by Gasteiger charge is 2.23. The number of carbonyl (C=O) groups excluding carboxylic acids is 1. The van der Waals surface area contributed by atoms with Gasteiger partial charge >= 0.3 is 0 Å². The molecule has 4 aromatic rings. The number of aryl methyl sites for hydroxylation is 1. The number of nitrogens with zero attached hydrogens (tertiary/aromatic N) is 6. The van der Waals surface area contributed by atoms with Crippen molar-refractivity contribution in [2.45, 2.75) is 0 Å². The highest BCUT2D eigenvalue weighted by Crippen LogP contribution is 2.41. The van der Waals surface area contributed by atoms with Crippen LogP contribution in [-0.2, 0) is 11.8 Å². The average molecular weight is 519 g/mol. The van der Waals surface area contributed by atoms with E-state index in [-0.39, 0.29) is 17.1 Å². The Labute approximate surface area is 220 Å². The number of likely N-dealkylation sites (N-methyl/N-ethyl adjacent to an activating group) is 2. The van der Waals surface area contributed by atoms with E-state index < -0.39 is 11.7 Å². The van der Waals surface area contributed by atoms with Gasteiger partial charge in [0.15, 0.2) is 5.82 Å². The summed E-state index contributed by atoms with van der Waals surface area (Å²) in [7, 11) is 9.06. The van der Waals surface area contributed by atoms with Crippen LogP contribution in [0.4, 0.5) is 27.3 Å². The number of carbonyl (C=O) groups is 1. The second kappa shape index (κ2) is 11.3. The SMILES string of the molecule is C=CC(=O)Nc1c(N(C)CCN(C)C)cc(OC)c(Nc2cc(-c3ccc4cnn(C)c4c3)ncn2)c1F. The molecule has 0 aliphatic carbocycles. The van der Waals surface area contributed by atoms with E-state index in [2.05, 4.69) is 32.3 Å². The lowest BCUT2D eigenvalue weighted by molar-refractivity contribution is -0.111. The number of fused-ring (bicyclic) bond motifs is 1. The minimum atomic E-state index is -0.692. The quantitative estimate of drug-likeness (QED) is 0.304. The highest BCUT2D eigenvalue weighted by atomic mass is 19.1. The normalized spacial score (nSPS) is 11.0. The summed E-state index contributed by atoms with van der Waals surface area (Å²) in [5.41, 5.74) is 2.97. The third kappa shape index (κ3) is 5.57. The molecule has 4 rings (SSSR count). The largest absolute Gasteiger partial charge is 0.494 e. The molecule has 2 N–H and O–H groups in total. The molecule has 11 heteroatoms.